The fourth-order valence-corrected chi connectivity index (χ4v) is 1.78. The van der Waals surface area contributed by atoms with Crippen molar-refractivity contribution < 1.29 is 9.94 Å². The molecule has 0 radical (unpaired) electrons. The van der Waals surface area contributed by atoms with E-state index in [4.69, 9.17) is 4.84 Å². The molecule has 0 aromatic heterocycles. The van der Waals surface area contributed by atoms with Crippen molar-refractivity contribution in [3.63, 3.8) is 0 Å². The van der Waals surface area contributed by atoms with E-state index in [1.807, 2.05) is 37.4 Å². The molecule has 0 aliphatic carbocycles. The van der Waals surface area contributed by atoms with Crippen molar-refractivity contribution in [1.29, 1.82) is 0 Å². The Hall–Kier alpha value is -1.58. The summed E-state index contributed by atoms with van der Waals surface area (Å²) in [6.45, 7) is 0.559. The number of rotatable bonds is 3. The first kappa shape index (κ1) is 10.9. The highest BCUT2D eigenvalue weighted by Crippen LogP contribution is 2.27. The molecule has 0 saturated carbocycles. The van der Waals surface area contributed by atoms with E-state index in [0.717, 1.165) is 16.3 Å². The lowest BCUT2D eigenvalue weighted by Gasteiger charge is -2.16. The van der Waals surface area contributed by atoms with E-state index in [9.17, 15) is 5.11 Å². The van der Waals surface area contributed by atoms with Gasteiger partial charge in [-0.1, -0.05) is 30.3 Å². The van der Waals surface area contributed by atoms with Crippen LogP contribution in [0.25, 0.3) is 10.8 Å². The zero-order valence-electron chi connectivity index (χ0n) is 9.47. The third kappa shape index (κ3) is 2.01. The summed E-state index contributed by atoms with van der Waals surface area (Å²) in [5.74, 6) is 0.308. The standard InChI is InChI=1S/C13H15NO2/c1-14(16-2)9-12-11-6-4-3-5-10(11)7-8-13(12)15/h3-8,15H,9H2,1-2H3. The Morgan fingerprint density at radius 3 is 2.69 bits per heavy atom. The van der Waals surface area contributed by atoms with Crippen LogP contribution in [0.1, 0.15) is 5.56 Å². The number of hydrogen-bond donors (Lipinski definition) is 1. The lowest BCUT2D eigenvalue weighted by molar-refractivity contribution is -0.116. The molecule has 3 heteroatoms. The molecule has 0 heterocycles. The van der Waals surface area contributed by atoms with Crippen LogP contribution < -0.4 is 0 Å². The average Bonchev–Trinajstić information content (AvgIpc) is 2.32. The van der Waals surface area contributed by atoms with E-state index < -0.39 is 0 Å². The van der Waals surface area contributed by atoms with Gasteiger partial charge in [0.1, 0.15) is 5.75 Å². The van der Waals surface area contributed by atoms with Gasteiger partial charge in [0.05, 0.1) is 13.7 Å². The second kappa shape index (κ2) is 4.51. The van der Waals surface area contributed by atoms with Gasteiger partial charge in [0, 0.05) is 12.6 Å². The summed E-state index contributed by atoms with van der Waals surface area (Å²) in [6.07, 6.45) is 0. The molecule has 84 valence electrons. The normalized spacial score (nSPS) is 11.2. The summed E-state index contributed by atoms with van der Waals surface area (Å²) in [6, 6.07) is 11.6. The van der Waals surface area contributed by atoms with Gasteiger partial charge < -0.3 is 9.94 Å². The van der Waals surface area contributed by atoms with Gasteiger partial charge in [-0.25, -0.2) is 0 Å². The molecule has 16 heavy (non-hydrogen) atoms. The molecular formula is C13H15NO2. The molecule has 2 aromatic rings. The molecule has 2 aromatic carbocycles. The second-order valence-corrected chi connectivity index (χ2v) is 3.75. The van der Waals surface area contributed by atoms with Gasteiger partial charge in [0.25, 0.3) is 0 Å². The Labute approximate surface area is 94.8 Å². The second-order valence-electron chi connectivity index (χ2n) is 3.75. The fraction of sp³-hybridized carbons (Fsp3) is 0.231. The maximum absolute atomic E-state index is 9.87. The van der Waals surface area contributed by atoms with E-state index >= 15 is 0 Å². The largest absolute Gasteiger partial charge is 0.508 e. The molecule has 0 unspecified atom stereocenters. The molecule has 3 nitrogen and oxygen atoms in total. The first-order valence-electron chi connectivity index (χ1n) is 5.17. The zero-order valence-corrected chi connectivity index (χ0v) is 9.47. The quantitative estimate of drug-likeness (QED) is 0.802. The number of phenols is 1. The van der Waals surface area contributed by atoms with Crippen LogP contribution in [-0.4, -0.2) is 24.3 Å². The molecule has 0 spiro atoms. The van der Waals surface area contributed by atoms with E-state index in [1.165, 1.54) is 0 Å². The minimum atomic E-state index is 0.308. The van der Waals surface area contributed by atoms with Gasteiger partial charge in [-0.15, -0.1) is 0 Å². The number of hydrogen-bond acceptors (Lipinski definition) is 3. The van der Waals surface area contributed by atoms with Crippen LogP contribution >= 0.6 is 0 Å². The summed E-state index contributed by atoms with van der Waals surface area (Å²) in [5, 5.41) is 13.7. The van der Waals surface area contributed by atoms with Gasteiger partial charge in [-0.05, 0) is 16.8 Å². The minimum Gasteiger partial charge on any atom is -0.508 e. The maximum atomic E-state index is 9.87. The summed E-state index contributed by atoms with van der Waals surface area (Å²) in [7, 11) is 3.45. The molecule has 0 saturated heterocycles. The maximum Gasteiger partial charge on any atom is 0.120 e. The number of hydroxylamine groups is 2. The Morgan fingerprint density at radius 1 is 1.19 bits per heavy atom. The van der Waals surface area contributed by atoms with E-state index in [1.54, 1.807) is 18.2 Å². The van der Waals surface area contributed by atoms with Crippen molar-refractivity contribution in [2.75, 3.05) is 14.2 Å². The highest BCUT2D eigenvalue weighted by atomic mass is 16.7. The highest BCUT2D eigenvalue weighted by Gasteiger charge is 2.08. The molecule has 0 atom stereocenters. The van der Waals surface area contributed by atoms with Gasteiger partial charge in [-0.3, -0.25) is 0 Å². The highest BCUT2D eigenvalue weighted by molar-refractivity contribution is 5.87. The molecule has 0 aliphatic rings. The molecular weight excluding hydrogens is 202 g/mol. The third-order valence-corrected chi connectivity index (χ3v) is 2.71. The van der Waals surface area contributed by atoms with Crippen molar-refractivity contribution in [3.05, 3.63) is 42.0 Å². The topological polar surface area (TPSA) is 32.7 Å². The molecule has 0 amide bonds. The van der Waals surface area contributed by atoms with Crippen LogP contribution in [-0.2, 0) is 11.4 Å². The predicted molar refractivity (Wildman–Crippen MR) is 64.1 cm³/mol. The average molecular weight is 217 g/mol. The van der Waals surface area contributed by atoms with Crippen molar-refractivity contribution in [3.8, 4) is 5.75 Å². The Kier molecular flexibility index (Phi) is 3.08. The van der Waals surface area contributed by atoms with Gasteiger partial charge in [0.15, 0.2) is 0 Å². The van der Waals surface area contributed by atoms with Gasteiger partial charge in [0.2, 0.25) is 0 Å². The first-order valence-corrected chi connectivity index (χ1v) is 5.17. The zero-order chi connectivity index (χ0) is 11.5. The van der Waals surface area contributed by atoms with Crippen LogP contribution in [0.5, 0.6) is 5.75 Å². The van der Waals surface area contributed by atoms with Crippen LogP contribution in [0.3, 0.4) is 0 Å². The Balaban J connectivity index is 2.52. The summed E-state index contributed by atoms with van der Waals surface area (Å²) in [4.78, 5) is 5.08. The van der Waals surface area contributed by atoms with E-state index in [0.29, 0.717) is 12.3 Å². The minimum absolute atomic E-state index is 0.308. The summed E-state index contributed by atoms with van der Waals surface area (Å²) in [5.41, 5.74) is 0.891. The van der Waals surface area contributed by atoms with Crippen molar-refractivity contribution in [1.82, 2.24) is 5.06 Å². The number of nitrogens with zero attached hydrogens (tertiary/aromatic N) is 1. The lowest BCUT2D eigenvalue weighted by atomic mass is 10.0. The molecule has 0 aliphatic heterocycles. The summed E-state index contributed by atoms with van der Waals surface area (Å²) >= 11 is 0. The molecule has 2 rings (SSSR count). The summed E-state index contributed by atoms with van der Waals surface area (Å²) < 4.78 is 0. The first-order chi connectivity index (χ1) is 7.72. The van der Waals surface area contributed by atoms with Crippen molar-refractivity contribution in [2.24, 2.45) is 0 Å². The van der Waals surface area contributed by atoms with Gasteiger partial charge in [-0.2, -0.15) is 5.06 Å². The number of fused-ring (bicyclic) bond motifs is 1. The molecule has 1 N–H and O–H groups in total. The van der Waals surface area contributed by atoms with Crippen LogP contribution in [0.2, 0.25) is 0 Å². The third-order valence-electron chi connectivity index (χ3n) is 2.71. The van der Waals surface area contributed by atoms with E-state index in [-0.39, 0.29) is 0 Å². The van der Waals surface area contributed by atoms with Crippen molar-refractivity contribution >= 4 is 10.8 Å². The number of aromatic hydroxyl groups is 1. The van der Waals surface area contributed by atoms with Crippen LogP contribution in [0.4, 0.5) is 0 Å². The van der Waals surface area contributed by atoms with Gasteiger partial charge >= 0.3 is 0 Å². The number of benzene rings is 2. The molecule has 0 bridgehead atoms. The Bertz CT molecular complexity index is 496. The van der Waals surface area contributed by atoms with Crippen LogP contribution in [0.15, 0.2) is 36.4 Å². The van der Waals surface area contributed by atoms with Crippen molar-refractivity contribution in [2.45, 2.75) is 6.54 Å². The van der Waals surface area contributed by atoms with E-state index in [2.05, 4.69) is 0 Å². The fourth-order valence-electron chi connectivity index (χ4n) is 1.78. The molecule has 0 fully saturated rings. The lowest BCUT2D eigenvalue weighted by Crippen LogP contribution is -2.16. The Morgan fingerprint density at radius 2 is 1.94 bits per heavy atom. The number of phenolic OH excluding ortho intramolecular Hbond substituents is 1. The monoisotopic (exact) mass is 217 g/mol. The van der Waals surface area contributed by atoms with Crippen LogP contribution in [0, 0.1) is 0 Å². The smallest absolute Gasteiger partial charge is 0.120 e. The SMILES string of the molecule is CON(C)Cc1c(O)ccc2ccccc12. The predicted octanol–water partition coefficient (Wildman–Crippen LogP) is 2.54.